The highest BCUT2D eigenvalue weighted by Crippen LogP contribution is 2.41. The van der Waals surface area contributed by atoms with Gasteiger partial charge in [0.1, 0.15) is 29.3 Å². The summed E-state index contributed by atoms with van der Waals surface area (Å²) < 4.78 is 22.1. The second kappa shape index (κ2) is 8.00. The van der Waals surface area contributed by atoms with Crippen molar-refractivity contribution in [3.8, 4) is 0 Å². The van der Waals surface area contributed by atoms with E-state index in [1.807, 2.05) is 0 Å². The van der Waals surface area contributed by atoms with Crippen LogP contribution in [0.15, 0.2) is 46.4 Å². The van der Waals surface area contributed by atoms with Crippen molar-refractivity contribution >= 4 is 11.9 Å². The van der Waals surface area contributed by atoms with E-state index < -0.39 is 42.1 Å². The Morgan fingerprint density at radius 2 is 1.93 bits per heavy atom. The number of carbonyl (C=O) groups is 2. The summed E-state index contributed by atoms with van der Waals surface area (Å²) in [5.41, 5.74) is 1.87. The molecule has 29 heavy (non-hydrogen) atoms. The van der Waals surface area contributed by atoms with Crippen molar-refractivity contribution in [2.24, 2.45) is 5.92 Å². The first-order chi connectivity index (χ1) is 13.7. The second-order valence-corrected chi connectivity index (χ2v) is 7.60. The van der Waals surface area contributed by atoms with Crippen LogP contribution in [0.5, 0.6) is 0 Å². The predicted molar refractivity (Wildman–Crippen MR) is 104 cm³/mol. The first-order valence-corrected chi connectivity index (χ1v) is 9.34. The maximum Gasteiger partial charge on any atom is 0.341 e. The van der Waals surface area contributed by atoms with Gasteiger partial charge in [-0.3, -0.25) is 0 Å². The van der Waals surface area contributed by atoms with Crippen LogP contribution in [0.25, 0.3) is 0 Å². The van der Waals surface area contributed by atoms with Crippen LogP contribution in [0.4, 0.5) is 0 Å². The molecule has 3 rings (SSSR count). The normalized spacial score (nSPS) is 28.8. The number of fused-ring (bicyclic) bond motifs is 4. The lowest BCUT2D eigenvalue weighted by Gasteiger charge is -2.25. The number of aliphatic hydroxyl groups is 1. The minimum Gasteiger partial charge on any atom is -0.465 e. The molecule has 0 unspecified atom stereocenters. The van der Waals surface area contributed by atoms with Gasteiger partial charge in [0.25, 0.3) is 0 Å². The van der Waals surface area contributed by atoms with Crippen LogP contribution >= 0.6 is 0 Å². The minimum atomic E-state index is -1.05. The fourth-order valence-corrected chi connectivity index (χ4v) is 4.02. The molecule has 1 fully saturated rings. The van der Waals surface area contributed by atoms with Gasteiger partial charge in [-0.1, -0.05) is 24.3 Å². The van der Waals surface area contributed by atoms with Crippen LogP contribution in [0.3, 0.4) is 0 Å². The summed E-state index contributed by atoms with van der Waals surface area (Å²) in [6.45, 7) is 11.5. The highest BCUT2D eigenvalue weighted by Gasteiger charge is 2.47. The third-order valence-corrected chi connectivity index (χ3v) is 5.54. The number of hydrogen-bond donors (Lipinski definition) is 1. The number of ether oxygens (including phenoxy) is 3. The van der Waals surface area contributed by atoms with Gasteiger partial charge in [-0.05, 0) is 26.0 Å². The molecule has 7 nitrogen and oxygen atoms in total. The first-order valence-electron chi connectivity index (χ1n) is 9.34. The van der Waals surface area contributed by atoms with Crippen molar-refractivity contribution in [1.82, 2.24) is 0 Å². The van der Waals surface area contributed by atoms with Crippen molar-refractivity contribution < 1.29 is 33.3 Å². The summed E-state index contributed by atoms with van der Waals surface area (Å²) in [7, 11) is 2.76. The van der Waals surface area contributed by atoms with Crippen molar-refractivity contribution in [2.45, 2.75) is 44.5 Å². The lowest BCUT2D eigenvalue weighted by atomic mass is 9.85. The van der Waals surface area contributed by atoms with E-state index in [-0.39, 0.29) is 17.6 Å². The SMILES string of the molecule is C=C(C)[C@H]1Cc2oc(cc2C(=O)OC)[C@H](C(=C)C)[C@@H]2OC(=O)C(=C[C@@H]1O)[C@H]2OC. The molecule has 1 aromatic rings. The Labute approximate surface area is 169 Å². The Morgan fingerprint density at radius 3 is 2.48 bits per heavy atom. The number of methoxy groups -OCH3 is 2. The fourth-order valence-electron chi connectivity index (χ4n) is 4.02. The van der Waals surface area contributed by atoms with Gasteiger partial charge in [-0.2, -0.15) is 0 Å². The molecule has 0 saturated carbocycles. The Bertz CT molecular complexity index is 891. The molecule has 0 aliphatic carbocycles. The van der Waals surface area contributed by atoms with Gasteiger partial charge >= 0.3 is 11.9 Å². The molecular weight excluding hydrogens is 376 g/mol. The standard InChI is InChI=1S/C22H26O7/c1-10(2)12-8-16-13(21(24)27-6)9-17(28-16)18(11(3)4)20-19(26-5)14(7-15(12)23)22(25)29-20/h7,9,12,15,18-20,23H,1,3,8H2,2,4-6H3/t12-,15+,18+,19-,20+/m1/s1. The Hall–Kier alpha value is -2.64. The molecule has 1 N–H and O–H groups in total. The Kier molecular flexibility index (Phi) is 5.82. The van der Waals surface area contributed by atoms with E-state index in [4.69, 9.17) is 18.6 Å². The molecule has 1 aromatic heterocycles. The van der Waals surface area contributed by atoms with Gasteiger partial charge in [-0.15, -0.1) is 0 Å². The molecule has 4 bridgehead atoms. The maximum atomic E-state index is 12.6. The van der Waals surface area contributed by atoms with Crippen molar-refractivity contribution in [3.05, 3.63) is 59.1 Å². The van der Waals surface area contributed by atoms with E-state index in [9.17, 15) is 14.7 Å². The number of aliphatic hydroxyl groups excluding tert-OH is 1. The van der Waals surface area contributed by atoms with Gasteiger partial charge in [0.05, 0.1) is 24.7 Å². The summed E-state index contributed by atoms with van der Waals surface area (Å²) in [5.74, 6) is -1.34. The zero-order valence-corrected chi connectivity index (χ0v) is 17.1. The molecule has 7 heteroatoms. The quantitative estimate of drug-likeness (QED) is 0.611. The predicted octanol–water partition coefficient (Wildman–Crippen LogP) is 2.70. The van der Waals surface area contributed by atoms with Crippen LogP contribution in [-0.2, 0) is 25.4 Å². The number of furan rings is 1. The van der Waals surface area contributed by atoms with E-state index in [0.29, 0.717) is 22.7 Å². The average Bonchev–Trinajstić information content (AvgIpc) is 3.19. The van der Waals surface area contributed by atoms with Crippen molar-refractivity contribution in [3.63, 3.8) is 0 Å². The van der Waals surface area contributed by atoms with Crippen molar-refractivity contribution in [1.29, 1.82) is 0 Å². The monoisotopic (exact) mass is 402 g/mol. The molecule has 2 aliphatic heterocycles. The smallest absolute Gasteiger partial charge is 0.341 e. The lowest BCUT2D eigenvalue weighted by molar-refractivity contribution is -0.140. The topological polar surface area (TPSA) is 95.2 Å². The van der Waals surface area contributed by atoms with Crippen LogP contribution in [-0.4, -0.2) is 49.6 Å². The molecule has 3 heterocycles. The zero-order valence-electron chi connectivity index (χ0n) is 17.1. The third kappa shape index (κ3) is 3.68. The highest BCUT2D eigenvalue weighted by atomic mass is 16.6. The molecule has 0 spiro atoms. The van der Waals surface area contributed by atoms with Crippen molar-refractivity contribution in [2.75, 3.05) is 14.2 Å². The molecule has 0 aromatic carbocycles. The molecule has 5 atom stereocenters. The number of rotatable bonds is 4. The minimum absolute atomic E-state index is 0.213. The van der Waals surface area contributed by atoms with E-state index in [1.54, 1.807) is 19.9 Å². The van der Waals surface area contributed by atoms with Crippen LogP contribution in [0.1, 0.15) is 41.6 Å². The van der Waals surface area contributed by atoms with Gasteiger partial charge in [-0.25, -0.2) is 9.59 Å². The molecule has 0 radical (unpaired) electrons. The molecule has 2 aliphatic rings. The largest absolute Gasteiger partial charge is 0.465 e. The first kappa shape index (κ1) is 21.1. The zero-order chi connectivity index (χ0) is 21.5. The Balaban J connectivity index is 2.26. The van der Waals surface area contributed by atoms with Gasteiger partial charge in [0, 0.05) is 19.4 Å². The van der Waals surface area contributed by atoms with Crippen LogP contribution in [0, 0.1) is 5.92 Å². The lowest BCUT2D eigenvalue weighted by Crippen LogP contribution is -2.32. The van der Waals surface area contributed by atoms with E-state index in [2.05, 4.69) is 13.2 Å². The molecule has 0 amide bonds. The van der Waals surface area contributed by atoms with Gasteiger partial charge in [0.2, 0.25) is 0 Å². The third-order valence-electron chi connectivity index (χ3n) is 5.54. The average molecular weight is 402 g/mol. The summed E-state index contributed by atoms with van der Waals surface area (Å²) in [5, 5.41) is 10.9. The summed E-state index contributed by atoms with van der Waals surface area (Å²) in [6.07, 6.45) is -0.846. The Morgan fingerprint density at radius 1 is 1.24 bits per heavy atom. The van der Waals surface area contributed by atoms with E-state index in [0.717, 1.165) is 0 Å². The summed E-state index contributed by atoms with van der Waals surface area (Å²) in [6, 6.07) is 1.59. The second-order valence-electron chi connectivity index (χ2n) is 7.60. The van der Waals surface area contributed by atoms with E-state index >= 15 is 0 Å². The van der Waals surface area contributed by atoms with Gasteiger partial charge in [0.15, 0.2) is 0 Å². The van der Waals surface area contributed by atoms with Crippen LogP contribution in [0.2, 0.25) is 0 Å². The highest BCUT2D eigenvalue weighted by molar-refractivity contribution is 5.93. The van der Waals surface area contributed by atoms with Crippen LogP contribution < -0.4 is 0 Å². The molecule has 156 valence electrons. The fraction of sp³-hybridized carbons (Fsp3) is 0.455. The molecule has 1 saturated heterocycles. The number of carbonyl (C=O) groups excluding carboxylic acids is 2. The molecular formula is C22H26O7. The summed E-state index contributed by atoms with van der Waals surface area (Å²) >= 11 is 0. The maximum absolute atomic E-state index is 12.6. The van der Waals surface area contributed by atoms with E-state index in [1.165, 1.54) is 20.3 Å². The number of hydrogen-bond acceptors (Lipinski definition) is 7. The number of esters is 2. The van der Waals surface area contributed by atoms with Gasteiger partial charge < -0.3 is 23.7 Å². The summed E-state index contributed by atoms with van der Waals surface area (Å²) in [4.78, 5) is 24.9.